The highest BCUT2D eigenvalue weighted by Gasteiger charge is 2.22. The van der Waals surface area contributed by atoms with E-state index < -0.39 is 0 Å². The minimum absolute atomic E-state index is 0. The summed E-state index contributed by atoms with van der Waals surface area (Å²) in [6, 6.07) is 6.13. The Labute approximate surface area is 139 Å². The molecule has 0 aromatic heterocycles. The summed E-state index contributed by atoms with van der Waals surface area (Å²) in [5.74, 6) is 1.24. The molecule has 2 rings (SSSR count). The van der Waals surface area contributed by atoms with E-state index >= 15 is 0 Å². The highest BCUT2D eigenvalue weighted by molar-refractivity contribution is 5.85. The van der Waals surface area contributed by atoms with Crippen LogP contribution in [0.5, 0.6) is 5.75 Å². The molecule has 0 spiro atoms. The highest BCUT2D eigenvalue weighted by Crippen LogP contribution is 2.22. The second-order valence-corrected chi connectivity index (χ2v) is 5.97. The van der Waals surface area contributed by atoms with Gasteiger partial charge >= 0.3 is 0 Å². The first-order chi connectivity index (χ1) is 10.1. The maximum absolute atomic E-state index is 12.2. The molecule has 1 heterocycles. The first-order valence-corrected chi connectivity index (χ1v) is 7.78. The summed E-state index contributed by atoms with van der Waals surface area (Å²) in [5, 5.41) is 6.34. The number of amides is 1. The molecular weight excluding hydrogens is 300 g/mol. The van der Waals surface area contributed by atoms with Crippen LogP contribution >= 0.6 is 12.4 Å². The molecule has 1 saturated heterocycles. The van der Waals surface area contributed by atoms with Gasteiger partial charge in [-0.05, 0) is 57.8 Å². The average Bonchev–Trinajstić information content (AvgIpc) is 2.47. The van der Waals surface area contributed by atoms with Gasteiger partial charge in [-0.2, -0.15) is 0 Å². The molecule has 1 atom stereocenters. The largest absolute Gasteiger partial charge is 0.491 e. The van der Waals surface area contributed by atoms with Gasteiger partial charge in [-0.25, -0.2) is 0 Å². The maximum Gasteiger partial charge on any atom is 0.223 e. The van der Waals surface area contributed by atoms with Gasteiger partial charge in [0, 0.05) is 5.92 Å². The minimum Gasteiger partial charge on any atom is -0.491 e. The van der Waals surface area contributed by atoms with Crippen molar-refractivity contribution in [2.24, 2.45) is 5.92 Å². The molecule has 0 bridgehead atoms. The van der Waals surface area contributed by atoms with Crippen LogP contribution in [0, 0.1) is 19.8 Å². The Balaban J connectivity index is 0.00000242. The van der Waals surface area contributed by atoms with E-state index in [2.05, 4.69) is 10.6 Å². The van der Waals surface area contributed by atoms with Crippen LogP contribution in [0.4, 0.5) is 0 Å². The predicted molar refractivity (Wildman–Crippen MR) is 91.9 cm³/mol. The second kappa shape index (κ2) is 9.01. The van der Waals surface area contributed by atoms with Crippen molar-refractivity contribution in [3.05, 3.63) is 29.3 Å². The Morgan fingerprint density at radius 3 is 2.50 bits per heavy atom. The third-order valence-electron chi connectivity index (χ3n) is 3.99. The topological polar surface area (TPSA) is 50.4 Å². The Kier molecular flexibility index (Phi) is 7.69. The van der Waals surface area contributed by atoms with Crippen LogP contribution < -0.4 is 15.4 Å². The van der Waals surface area contributed by atoms with Gasteiger partial charge in [0.25, 0.3) is 0 Å². The number of benzene rings is 1. The molecule has 1 aromatic carbocycles. The van der Waals surface area contributed by atoms with E-state index in [1.54, 1.807) is 0 Å². The van der Waals surface area contributed by atoms with Crippen molar-refractivity contribution in [3.63, 3.8) is 0 Å². The first-order valence-electron chi connectivity index (χ1n) is 7.78. The molecule has 1 amide bonds. The summed E-state index contributed by atoms with van der Waals surface area (Å²) in [4.78, 5) is 12.2. The molecule has 0 saturated carbocycles. The highest BCUT2D eigenvalue weighted by atomic mass is 35.5. The fourth-order valence-electron chi connectivity index (χ4n) is 2.72. The molecule has 1 fully saturated rings. The molecule has 1 aliphatic heterocycles. The van der Waals surface area contributed by atoms with E-state index in [9.17, 15) is 4.79 Å². The molecule has 1 aromatic rings. The summed E-state index contributed by atoms with van der Waals surface area (Å²) in [6.45, 7) is 8.45. The SMILES string of the molecule is Cc1cccc(C)c1OCC(C)NC(=O)C1CCNCC1.Cl. The fraction of sp³-hybridized carbons (Fsp3) is 0.588. The molecule has 1 aliphatic rings. The van der Waals surface area contributed by atoms with Crippen molar-refractivity contribution in [1.82, 2.24) is 10.6 Å². The van der Waals surface area contributed by atoms with Crippen LogP contribution in [0.1, 0.15) is 30.9 Å². The van der Waals surface area contributed by atoms with Gasteiger partial charge in [-0.3, -0.25) is 4.79 Å². The normalized spacial score (nSPS) is 16.5. The van der Waals surface area contributed by atoms with Crippen LogP contribution in [0.15, 0.2) is 18.2 Å². The van der Waals surface area contributed by atoms with Crippen LogP contribution in [0.3, 0.4) is 0 Å². The number of para-hydroxylation sites is 1. The van der Waals surface area contributed by atoms with E-state index in [4.69, 9.17) is 4.74 Å². The summed E-state index contributed by atoms with van der Waals surface area (Å²) in [5.41, 5.74) is 2.26. The fourth-order valence-corrected chi connectivity index (χ4v) is 2.72. The maximum atomic E-state index is 12.2. The first kappa shape index (κ1) is 18.8. The van der Waals surface area contributed by atoms with Crippen LogP contribution in [0.2, 0.25) is 0 Å². The van der Waals surface area contributed by atoms with E-state index in [1.807, 2.05) is 39.0 Å². The molecule has 22 heavy (non-hydrogen) atoms. The smallest absolute Gasteiger partial charge is 0.223 e. The van der Waals surface area contributed by atoms with Crippen molar-refractivity contribution in [3.8, 4) is 5.75 Å². The Morgan fingerprint density at radius 2 is 1.91 bits per heavy atom. The second-order valence-electron chi connectivity index (χ2n) is 5.97. The summed E-state index contributed by atoms with van der Waals surface area (Å²) < 4.78 is 5.89. The number of ether oxygens (including phenoxy) is 1. The quantitative estimate of drug-likeness (QED) is 0.874. The molecule has 4 nitrogen and oxygen atoms in total. The number of piperidine rings is 1. The van der Waals surface area contributed by atoms with Gasteiger partial charge in [0.2, 0.25) is 5.91 Å². The lowest BCUT2D eigenvalue weighted by molar-refractivity contribution is -0.126. The number of hydrogen-bond donors (Lipinski definition) is 2. The van der Waals surface area contributed by atoms with Crippen molar-refractivity contribution < 1.29 is 9.53 Å². The zero-order valence-electron chi connectivity index (χ0n) is 13.6. The number of hydrogen-bond acceptors (Lipinski definition) is 3. The monoisotopic (exact) mass is 326 g/mol. The van der Waals surface area contributed by atoms with Gasteiger partial charge in [0.15, 0.2) is 0 Å². The molecular formula is C17H27ClN2O2. The van der Waals surface area contributed by atoms with Crippen molar-refractivity contribution >= 4 is 18.3 Å². The standard InChI is InChI=1S/C17H26N2O2.ClH/c1-12-5-4-6-13(2)16(12)21-11-14(3)19-17(20)15-7-9-18-10-8-15;/h4-6,14-15,18H,7-11H2,1-3H3,(H,19,20);1H. The van der Waals surface area contributed by atoms with Gasteiger partial charge < -0.3 is 15.4 Å². The Morgan fingerprint density at radius 1 is 1.32 bits per heavy atom. The lowest BCUT2D eigenvalue weighted by Crippen LogP contribution is -2.43. The molecule has 0 radical (unpaired) electrons. The van der Waals surface area contributed by atoms with Gasteiger partial charge in [-0.1, -0.05) is 18.2 Å². The zero-order chi connectivity index (χ0) is 15.2. The number of carbonyl (C=O) groups is 1. The average molecular weight is 327 g/mol. The third-order valence-corrected chi connectivity index (χ3v) is 3.99. The minimum atomic E-state index is 0. The summed E-state index contributed by atoms with van der Waals surface area (Å²) >= 11 is 0. The summed E-state index contributed by atoms with van der Waals surface area (Å²) in [7, 11) is 0. The Hall–Kier alpha value is -1.26. The molecule has 1 unspecified atom stereocenters. The van der Waals surface area contributed by atoms with Crippen LogP contribution in [0.25, 0.3) is 0 Å². The number of carbonyl (C=O) groups excluding carboxylic acids is 1. The van der Waals surface area contributed by atoms with Crippen LogP contribution in [-0.4, -0.2) is 31.6 Å². The van der Waals surface area contributed by atoms with E-state index in [1.165, 1.54) is 0 Å². The molecule has 5 heteroatoms. The molecule has 124 valence electrons. The van der Waals surface area contributed by atoms with Crippen molar-refractivity contribution in [2.45, 2.75) is 39.7 Å². The van der Waals surface area contributed by atoms with Gasteiger partial charge in [0.1, 0.15) is 12.4 Å². The number of aryl methyl sites for hydroxylation is 2. The molecule has 0 aliphatic carbocycles. The predicted octanol–water partition coefficient (Wildman–Crippen LogP) is 2.61. The molecule has 2 N–H and O–H groups in total. The number of nitrogens with one attached hydrogen (secondary N) is 2. The van der Waals surface area contributed by atoms with Crippen molar-refractivity contribution in [2.75, 3.05) is 19.7 Å². The number of rotatable bonds is 5. The van der Waals surface area contributed by atoms with Gasteiger partial charge in [0.05, 0.1) is 6.04 Å². The van der Waals surface area contributed by atoms with E-state index in [0.717, 1.165) is 42.8 Å². The van der Waals surface area contributed by atoms with E-state index in [-0.39, 0.29) is 30.3 Å². The Bertz CT molecular complexity index is 467. The van der Waals surface area contributed by atoms with Crippen molar-refractivity contribution in [1.29, 1.82) is 0 Å². The summed E-state index contributed by atoms with van der Waals surface area (Å²) in [6.07, 6.45) is 1.85. The van der Waals surface area contributed by atoms with E-state index in [0.29, 0.717) is 6.61 Å². The third kappa shape index (κ3) is 5.18. The zero-order valence-corrected chi connectivity index (χ0v) is 14.5. The number of halogens is 1. The van der Waals surface area contributed by atoms with Gasteiger partial charge in [-0.15, -0.1) is 12.4 Å². The van der Waals surface area contributed by atoms with Crippen LogP contribution in [-0.2, 0) is 4.79 Å². The lowest BCUT2D eigenvalue weighted by atomic mass is 9.97. The lowest BCUT2D eigenvalue weighted by Gasteiger charge is -2.24.